The first-order valence-electron chi connectivity index (χ1n) is 6.87. The Labute approximate surface area is 99.8 Å². The molecule has 0 aromatic carbocycles. The Hall–Kier alpha value is -0.370. The van der Waals surface area contributed by atoms with E-state index in [-0.39, 0.29) is 11.9 Å². The molecule has 0 radical (unpaired) electrons. The summed E-state index contributed by atoms with van der Waals surface area (Å²) in [6.07, 6.45) is 11.2. The SMILES string of the molecule is CCCCCC[C@@H]1CCC[C@H](CC(C)=O)O1. The van der Waals surface area contributed by atoms with Gasteiger partial charge in [-0.05, 0) is 32.6 Å². The maximum Gasteiger partial charge on any atom is 0.132 e. The van der Waals surface area contributed by atoms with E-state index in [2.05, 4.69) is 6.92 Å². The summed E-state index contributed by atoms with van der Waals surface area (Å²) < 4.78 is 5.96. The summed E-state index contributed by atoms with van der Waals surface area (Å²) in [5, 5.41) is 0. The summed E-state index contributed by atoms with van der Waals surface area (Å²) >= 11 is 0. The molecular formula is C14H26O2. The molecular weight excluding hydrogens is 200 g/mol. The van der Waals surface area contributed by atoms with Crippen LogP contribution in [-0.4, -0.2) is 18.0 Å². The predicted molar refractivity (Wildman–Crippen MR) is 66.6 cm³/mol. The van der Waals surface area contributed by atoms with Gasteiger partial charge in [-0.2, -0.15) is 0 Å². The highest BCUT2D eigenvalue weighted by Gasteiger charge is 2.22. The molecule has 1 rings (SSSR count). The second-order valence-corrected chi connectivity index (χ2v) is 5.07. The van der Waals surface area contributed by atoms with Gasteiger partial charge in [0.15, 0.2) is 0 Å². The molecule has 1 fully saturated rings. The van der Waals surface area contributed by atoms with E-state index in [9.17, 15) is 4.79 Å². The number of Topliss-reactive ketones (excluding diaryl/α,β-unsaturated/α-hetero) is 1. The van der Waals surface area contributed by atoms with E-state index in [1.165, 1.54) is 44.9 Å². The van der Waals surface area contributed by atoms with Gasteiger partial charge in [0.2, 0.25) is 0 Å². The number of ether oxygens (including phenoxy) is 1. The second kappa shape index (κ2) is 7.83. The quantitative estimate of drug-likeness (QED) is 0.616. The number of hydrogen-bond donors (Lipinski definition) is 0. The Kier molecular flexibility index (Phi) is 6.70. The summed E-state index contributed by atoms with van der Waals surface area (Å²) in [7, 11) is 0. The van der Waals surface area contributed by atoms with E-state index in [1.54, 1.807) is 6.92 Å². The van der Waals surface area contributed by atoms with Crippen LogP contribution < -0.4 is 0 Å². The lowest BCUT2D eigenvalue weighted by Crippen LogP contribution is -2.29. The normalized spacial score (nSPS) is 25.6. The molecule has 1 aliphatic heterocycles. The van der Waals surface area contributed by atoms with Gasteiger partial charge in [-0.1, -0.05) is 32.6 Å². The van der Waals surface area contributed by atoms with Crippen LogP contribution in [0, 0.1) is 0 Å². The van der Waals surface area contributed by atoms with Crippen LogP contribution in [0.3, 0.4) is 0 Å². The molecule has 2 heteroatoms. The molecule has 0 saturated carbocycles. The molecule has 1 aliphatic rings. The number of ketones is 1. The molecule has 0 spiro atoms. The molecule has 0 aromatic rings. The van der Waals surface area contributed by atoms with Gasteiger partial charge in [0.25, 0.3) is 0 Å². The average molecular weight is 226 g/mol. The number of rotatable bonds is 7. The fourth-order valence-electron chi connectivity index (χ4n) is 2.46. The van der Waals surface area contributed by atoms with Crippen molar-refractivity contribution in [2.45, 2.75) is 83.8 Å². The molecule has 0 N–H and O–H groups in total. The lowest BCUT2D eigenvalue weighted by molar-refractivity contribution is -0.123. The van der Waals surface area contributed by atoms with Crippen LogP contribution >= 0.6 is 0 Å². The van der Waals surface area contributed by atoms with E-state index in [1.807, 2.05) is 0 Å². The van der Waals surface area contributed by atoms with Crippen LogP contribution in [-0.2, 0) is 9.53 Å². The van der Waals surface area contributed by atoms with E-state index in [0.29, 0.717) is 12.5 Å². The highest BCUT2D eigenvalue weighted by atomic mass is 16.5. The van der Waals surface area contributed by atoms with Crippen LogP contribution in [0.1, 0.15) is 71.6 Å². The summed E-state index contributed by atoms with van der Waals surface area (Å²) in [6.45, 7) is 3.90. The number of carbonyl (C=O) groups excluding carboxylic acids is 1. The molecule has 1 saturated heterocycles. The van der Waals surface area contributed by atoms with Gasteiger partial charge < -0.3 is 4.74 Å². The van der Waals surface area contributed by atoms with Gasteiger partial charge >= 0.3 is 0 Å². The number of unbranched alkanes of at least 4 members (excludes halogenated alkanes) is 3. The van der Waals surface area contributed by atoms with Crippen molar-refractivity contribution < 1.29 is 9.53 Å². The monoisotopic (exact) mass is 226 g/mol. The first-order chi connectivity index (χ1) is 7.72. The zero-order chi connectivity index (χ0) is 11.8. The maximum absolute atomic E-state index is 11.0. The lowest BCUT2D eigenvalue weighted by atomic mass is 9.97. The molecule has 0 aromatic heterocycles. The third-order valence-electron chi connectivity index (χ3n) is 3.33. The van der Waals surface area contributed by atoms with E-state index >= 15 is 0 Å². The highest BCUT2D eigenvalue weighted by molar-refractivity contribution is 5.75. The third kappa shape index (κ3) is 5.64. The summed E-state index contributed by atoms with van der Waals surface area (Å²) in [5.41, 5.74) is 0. The zero-order valence-electron chi connectivity index (χ0n) is 10.8. The van der Waals surface area contributed by atoms with Crippen molar-refractivity contribution in [1.29, 1.82) is 0 Å². The van der Waals surface area contributed by atoms with Crippen molar-refractivity contribution in [3.05, 3.63) is 0 Å². The first kappa shape index (κ1) is 13.7. The molecule has 2 nitrogen and oxygen atoms in total. The van der Waals surface area contributed by atoms with Gasteiger partial charge in [-0.15, -0.1) is 0 Å². The summed E-state index contributed by atoms with van der Waals surface area (Å²) in [5.74, 6) is 0.261. The van der Waals surface area contributed by atoms with Crippen molar-refractivity contribution in [3.63, 3.8) is 0 Å². The second-order valence-electron chi connectivity index (χ2n) is 5.07. The standard InChI is InChI=1S/C14H26O2/c1-3-4-5-6-8-13-9-7-10-14(16-13)11-12(2)15/h13-14H,3-11H2,1-2H3/t13-,14-/m1/s1. The molecule has 0 amide bonds. The van der Waals surface area contributed by atoms with Crippen molar-refractivity contribution in [2.75, 3.05) is 0 Å². The van der Waals surface area contributed by atoms with Crippen LogP contribution in [0.15, 0.2) is 0 Å². The maximum atomic E-state index is 11.0. The molecule has 1 heterocycles. The van der Waals surface area contributed by atoms with E-state index < -0.39 is 0 Å². The summed E-state index contributed by atoms with van der Waals surface area (Å²) in [6, 6.07) is 0. The minimum atomic E-state index is 0.211. The molecule has 94 valence electrons. The molecule has 0 aliphatic carbocycles. The molecule has 2 atom stereocenters. The molecule has 0 unspecified atom stereocenters. The van der Waals surface area contributed by atoms with Crippen molar-refractivity contribution >= 4 is 5.78 Å². The number of carbonyl (C=O) groups is 1. The third-order valence-corrected chi connectivity index (χ3v) is 3.33. The van der Waals surface area contributed by atoms with Gasteiger partial charge in [-0.3, -0.25) is 4.79 Å². The predicted octanol–water partition coefficient (Wildman–Crippen LogP) is 3.87. The van der Waals surface area contributed by atoms with Crippen LogP contribution in [0.25, 0.3) is 0 Å². The van der Waals surface area contributed by atoms with E-state index in [0.717, 1.165) is 6.42 Å². The minimum absolute atomic E-state index is 0.211. The van der Waals surface area contributed by atoms with Crippen molar-refractivity contribution in [1.82, 2.24) is 0 Å². The van der Waals surface area contributed by atoms with Crippen molar-refractivity contribution in [3.8, 4) is 0 Å². The fraction of sp³-hybridized carbons (Fsp3) is 0.929. The highest BCUT2D eigenvalue weighted by Crippen LogP contribution is 2.24. The van der Waals surface area contributed by atoms with Gasteiger partial charge in [-0.25, -0.2) is 0 Å². The largest absolute Gasteiger partial charge is 0.375 e. The Morgan fingerprint density at radius 2 is 1.94 bits per heavy atom. The van der Waals surface area contributed by atoms with Gasteiger partial charge in [0, 0.05) is 6.42 Å². The number of hydrogen-bond acceptors (Lipinski definition) is 2. The van der Waals surface area contributed by atoms with Crippen LogP contribution in [0.5, 0.6) is 0 Å². The Balaban J connectivity index is 2.14. The smallest absolute Gasteiger partial charge is 0.132 e. The fourth-order valence-corrected chi connectivity index (χ4v) is 2.46. The van der Waals surface area contributed by atoms with Gasteiger partial charge in [0.1, 0.15) is 5.78 Å². The van der Waals surface area contributed by atoms with Crippen LogP contribution in [0.2, 0.25) is 0 Å². The topological polar surface area (TPSA) is 26.3 Å². The first-order valence-corrected chi connectivity index (χ1v) is 6.87. The molecule has 16 heavy (non-hydrogen) atoms. The Morgan fingerprint density at radius 3 is 2.62 bits per heavy atom. The average Bonchev–Trinajstić information content (AvgIpc) is 2.24. The minimum Gasteiger partial charge on any atom is -0.375 e. The summed E-state index contributed by atoms with van der Waals surface area (Å²) in [4.78, 5) is 11.0. The molecule has 0 bridgehead atoms. The lowest BCUT2D eigenvalue weighted by Gasteiger charge is -2.29. The van der Waals surface area contributed by atoms with Gasteiger partial charge in [0.05, 0.1) is 12.2 Å². The van der Waals surface area contributed by atoms with E-state index in [4.69, 9.17) is 4.74 Å². The Bertz CT molecular complexity index is 201. The van der Waals surface area contributed by atoms with Crippen molar-refractivity contribution in [2.24, 2.45) is 0 Å². The zero-order valence-corrected chi connectivity index (χ0v) is 10.8. The van der Waals surface area contributed by atoms with Crippen LogP contribution in [0.4, 0.5) is 0 Å². The Morgan fingerprint density at radius 1 is 1.19 bits per heavy atom.